The van der Waals surface area contributed by atoms with Crippen LogP contribution in [0, 0.1) is 11.6 Å². The van der Waals surface area contributed by atoms with Gasteiger partial charge >= 0.3 is 0 Å². The van der Waals surface area contributed by atoms with Crippen LogP contribution in [0.1, 0.15) is 5.82 Å². The van der Waals surface area contributed by atoms with Gasteiger partial charge in [-0.3, -0.25) is 0 Å². The number of hydrogen-bond acceptors (Lipinski definition) is 5. The third-order valence-electron chi connectivity index (χ3n) is 2.02. The Morgan fingerprint density at radius 2 is 1.94 bits per heavy atom. The number of ether oxygens (including phenoxy) is 2. The first-order valence-corrected chi connectivity index (χ1v) is 5.90. The van der Waals surface area contributed by atoms with Crippen LogP contribution in [-0.4, -0.2) is 23.1 Å². The maximum atomic E-state index is 12.9. The van der Waals surface area contributed by atoms with Gasteiger partial charge in [-0.2, -0.15) is 9.36 Å². The zero-order valence-corrected chi connectivity index (χ0v) is 10.3. The number of nitrogens with zero attached hydrogens (tertiary/aromatic N) is 2. The van der Waals surface area contributed by atoms with Crippen LogP contribution in [0.4, 0.5) is 8.78 Å². The van der Waals surface area contributed by atoms with Crippen LogP contribution >= 0.6 is 11.5 Å². The fraction of sp³-hybridized carbons (Fsp3) is 0.273. The highest BCUT2D eigenvalue weighted by Crippen LogP contribution is 2.24. The van der Waals surface area contributed by atoms with Gasteiger partial charge in [0, 0.05) is 43.3 Å². The summed E-state index contributed by atoms with van der Waals surface area (Å²) in [4.78, 5) is 4.06. The fourth-order valence-electron chi connectivity index (χ4n) is 1.26. The summed E-state index contributed by atoms with van der Waals surface area (Å²) in [6.45, 7) is 0.505. The van der Waals surface area contributed by atoms with E-state index in [0.717, 1.165) is 29.7 Å². The molecule has 0 aliphatic heterocycles. The van der Waals surface area contributed by atoms with E-state index in [2.05, 4.69) is 9.36 Å². The minimum Gasteiger partial charge on any atom is -0.430 e. The van der Waals surface area contributed by atoms with Gasteiger partial charge < -0.3 is 9.47 Å². The molecule has 1 aromatic heterocycles. The molecule has 2 rings (SSSR count). The van der Waals surface area contributed by atoms with E-state index in [1.54, 1.807) is 7.11 Å². The molecule has 1 aromatic carbocycles. The molecule has 0 amide bonds. The lowest BCUT2D eigenvalue weighted by atomic mass is 10.3. The van der Waals surface area contributed by atoms with Crippen LogP contribution in [0.15, 0.2) is 18.2 Å². The Bertz CT molecular complexity index is 513. The minimum atomic E-state index is -0.700. The Morgan fingerprint density at radius 1 is 1.22 bits per heavy atom. The molecular weight excluding hydrogens is 262 g/mol. The standard InChI is InChI=1S/C11H10F2N2O2S/c1-16-3-2-10-14-11(18-15-10)17-9-5-7(12)4-8(13)6-9/h4-6H,2-3H2,1H3. The van der Waals surface area contributed by atoms with Crippen molar-refractivity contribution in [2.75, 3.05) is 13.7 Å². The topological polar surface area (TPSA) is 44.2 Å². The first-order valence-electron chi connectivity index (χ1n) is 5.13. The van der Waals surface area contributed by atoms with Gasteiger partial charge in [0.05, 0.1) is 6.61 Å². The molecule has 1 heterocycles. The molecular formula is C11H10F2N2O2S. The monoisotopic (exact) mass is 272 g/mol. The highest BCUT2D eigenvalue weighted by molar-refractivity contribution is 7.07. The molecule has 0 aliphatic carbocycles. The minimum absolute atomic E-state index is 0.0574. The van der Waals surface area contributed by atoms with E-state index >= 15 is 0 Å². The summed E-state index contributed by atoms with van der Waals surface area (Å²) in [6.07, 6.45) is 0.563. The Balaban J connectivity index is 2.06. The number of hydrogen-bond donors (Lipinski definition) is 0. The predicted octanol–water partition coefficient (Wildman–Crippen LogP) is 2.80. The first kappa shape index (κ1) is 12.8. The van der Waals surface area contributed by atoms with Crippen LogP contribution in [0.2, 0.25) is 0 Å². The van der Waals surface area contributed by atoms with E-state index in [1.807, 2.05) is 0 Å². The van der Waals surface area contributed by atoms with E-state index < -0.39 is 11.6 Å². The molecule has 0 saturated carbocycles. The van der Waals surface area contributed by atoms with Crippen LogP contribution in [-0.2, 0) is 11.2 Å². The Kier molecular flexibility index (Phi) is 4.16. The lowest BCUT2D eigenvalue weighted by Crippen LogP contribution is -1.96. The van der Waals surface area contributed by atoms with Gasteiger partial charge in [-0.1, -0.05) is 0 Å². The first-order chi connectivity index (χ1) is 8.67. The van der Waals surface area contributed by atoms with Gasteiger partial charge in [0.1, 0.15) is 23.2 Å². The predicted molar refractivity (Wildman–Crippen MR) is 61.9 cm³/mol. The third-order valence-corrected chi connectivity index (χ3v) is 2.65. The molecule has 0 fully saturated rings. The molecule has 18 heavy (non-hydrogen) atoms. The average molecular weight is 272 g/mol. The average Bonchev–Trinajstić information content (AvgIpc) is 2.72. The van der Waals surface area contributed by atoms with Crippen molar-refractivity contribution in [1.82, 2.24) is 9.36 Å². The highest BCUT2D eigenvalue weighted by atomic mass is 32.1. The van der Waals surface area contributed by atoms with E-state index in [0.29, 0.717) is 18.9 Å². The van der Waals surface area contributed by atoms with Gasteiger partial charge in [-0.15, -0.1) is 0 Å². The second kappa shape index (κ2) is 5.83. The van der Waals surface area contributed by atoms with Crippen LogP contribution in [0.25, 0.3) is 0 Å². The Morgan fingerprint density at radius 3 is 2.61 bits per heavy atom. The second-order valence-electron chi connectivity index (χ2n) is 3.43. The molecule has 0 radical (unpaired) electrons. The SMILES string of the molecule is COCCc1nsc(Oc2cc(F)cc(F)c2)n1. The molecule has 0 saturated heterocycles. The van der Waals surface area contributed by atoms with Crippen molar-refractivity contribution in [2.24, 2.45) is 0 Å². The molecule has 0 unspecified atom stereocenters. The summed E-state index contributed by atoms with van der Waals surface area (Å²) < 4.78 is 40.0. The molecule has 7 heteroatoms. The molecule has 0 N–H and O–H groups in total. The molecule has 4 nitrogen and oxygen atoms in total. The maximum Gasteiger partial charge on any atom is 0.298 e. The lowest BCUT2D eigenvalue weighted by Gasteiger charge is -2.01. The Labute approximate surface area is 106 Å². The van der Waals surface area contributed by atoms with Crippen LogP contribution in [0.3, 0.4) is 0 Å². The quantitative estimate of drug-likeness (QED) is 0.839. The van der Waals surface area contributed by atoms with Gasteiger partial charge in [0.15, 0.2) is 0 Å². The third kappa shape index (κ3) is 3.44. The molecule has 0 aliphatic rings. The summed E-state index contributed by atoms with van der Waals surface area (Å²) in [6, 6.07) is 2.94. The fourth-order valence-corrected chi connectivity index (χ4v) is 1.86. The zero-order chi connectivity index (χ0) is 13.0. The van der Waals surface area contributed by atoms with E-state index in [9.17, 15) is 8.78 Å². The summed E-state index contributed by atoms with van der Waals surface area (Å²) >= 11 is 1.02. The summed E-state index contributed by atoms with van der Waals surface area (Å²) in [7, 11) is 1.58. The number of rotatable bonds is 5. The van der Waals surface area contributed by atoms with Gasteiger partial charge in [-0.25, -0.2) is 8.78 Å². The van der Waals surface area contributed by atoms with Crippen LogP contribution in [0.5, 0.6) is 10.9 Å². The van der Waals surface area contributed by atoms with Crippen molar-refractivity contribution in [1.29, 1.82) is 0 Å². The summed E-state index contributed by atoms with van der Waals surface area (Å²) in [5, 5.41) is 0.242. The number of halogens is 2. The molecule has 0 bridgehead atoms. The van der Waals surface area contributed by atoms with E-state index in [1.165, 1.54) is 0 Å². The second-order valence-corrected chi connectivity index (χ2v) is 4.14. The Hall–Kier alpha value is -1.60. The van der Waals surface area contributed by atoms with E-state index in [4.69, 9.17) is 9.47 Å². The van der Waals surface area contributed by atoms with Gasteiger partial charge in [0.25, 0.3) is 5.19 Å². The largest absolute Gasteiger partial charge is 0.430 e. The van der Waals surface area contributed by atoms with Crippen molar-refractivity contribution >= 4 is 11.5 Å². The summed E-state index contributed by atoms with van der Waals surface area (Å²) in [5.41, 5.74) is 0. The summed E-state index contributed by atoms with van der Waals surface area (Å²) in [5.74, 6) is -0.765. The lowest BCUT2D eigenvalue weighted by molar-refractivity contribution is 0.200. The molecule has 96 valence electrons. The van der Waals surface area contributed by atoms with Crippen molar-refractivity contribution in [3.63, 3.8) is 0 Å². The molecule has 2 aromatic rings. The molecule has 0 spiro atoms. The molecule has 0 atom stereocenters. The van der Waals surface area contributed by atoms with Gasteiger partial charge in [0.2, 0.25) is 0 Å². The van der Waals surface area contributed by atoms with E-state index in [-0.39, 0.29) is 10.9 Å². The highest BCUT2D eigenvalue weighted by Gasteiger charge is 2.08. The maximum absolute atomic E-state index is 12.9. The zero-order valence-electron chi connectivity index (χ0n) is 9.52. The normalized spacial score (nSPS) is 10.6. The van der Waals surface area contributed by atoms with Crippen molar-refractivity contribution in [3.05, 3.63) is 35.7 Å². The van der Waals surface area contributed by atoms with Crippen LogP contribution < -0.4 is 4.74 Å². The smallest absolute Gasteiger partial charge is 0.298 e. The number of benzene rings is 1. The number of aromatic nitrogens is 2. The van der Waals surface area contributed by atoms with Crippen molar-refractivity contribution < 1.29 is 18.3 Å². The van der Waals surface area contributed by atoms with Gasteiger partial charge in [-0.05, 0) is 0 Å². The van der Waals surface area contributed by atoms with Crippen molar-refractivity contribution in [3.8, 4) is 10.9 Å². The number of methoxy groups -OCH3 is 1. The van der Waals surface area contributed by atoms with Crippen molar-refractivity contribution in [2.45, 2.75) is 6.42 Å².